The van der Waals surface area contributed by atoms with Crippen LogP contribution in [0.1, 0.15) is 13.8 Å². The Morgan fingerprint density at radius 1 is 1.10 bits per heavy atom. The van der Waals surface area contributed by atoms with E-state index in [9.17, 15) is 0 Å². The van der Waals surface area contributed by atoms with Gasteiger partial charge in [0.25, 0.3) is 0 Å². The van der Waals surface area contributed by atoms with Crippen LogP contribution in [0, 0.1) is 0 Å². The zero-order chi connectivity index (χ0) is 7.24. The second kappa shape index (κ2) is 1.72. The highest BCUT2D eigenvalue weighted by atomic mass is 16.8. The van der Waals surface area contributed by atoms with Crippen molar-refractivity contribution in [1.29, 1.82) is 0 Å². The van der Waals surface area contributed by atoms with E-state index in [0.717, 1.165) is 0 Å². The van der Waals surface area contributed by atoms with E-state index in [1.54, 1.807) is 0 Å². The fraction of sp³-hybridized carbons (Fsp3) is 1.00. The first-order chi connectivity index (χ1) is 4.62. The van der Waals surface area contributed by atoms with E-state index in [4.69, 9.17) is 14.2 Å². The fourth-order valence-corrected chi connectivity index (χ4v) is 1.48. The summed E-state index contributed by atoms with van der Waals surface area (Å²) >= 11 is 0. The van der Waals surface area contributed by atoms with Crippen LogP contribution in [0.4, 0.5) is 0 Å². The van der Waals surface area contributed by atoms with E-state index in [1.165, 1.54) is 0 Å². The molecule has 2 aliphatic heterocycles. The molecule has 0 aliphatic carbocycles. The molecule has 58 valence electrons. The highest BCUT2D eigenvalue weighted by Gasteiger charge is 2.49. The summed E-state index contributed by atoms with van der Waals surface area (Å²) in [6.07, 6.45) is 0. The lowest BCUT2D eigenvalue weighted by atomic mass is 10.1. The van der Waals surface area contributed by atoms with Gasteiger partial charge in [0, 0.05) is 0 Å². The van der Waals surface area contributed by atoms with Gasteiger partial charge >= 0.3 is 0 Å². The van der Waals surface area contributed by atoms with Crippen molar-refractivity contribution in [3.8, 4) is 0 Å². The van der Waals surface area contributed by atoms with Crippen LogP contribution in [-0.4, -0.2) is 31.2 Å². The molecule has 0 spiro atoms. The molecule has 0 aromatic rings. The predicted octanol–water partition coefficient (Wildman–Crippen LogP) is 0.538. The third kappa shape index (κ3) is 0.856. The molecule has 2 bridgehead atoms. The van der Waals surface area contributed by atoms with Crippen molar-refractivity contribution in [2.45, 2.75) is 25.2 Å². The standard InChI is InChI=1S/C7H12O3/c1-6-3-8-5-7(2,10-6)9-4-6/h3-5H2,1-2H3. The largest absolute Gasteiger partial charge is 0.373 e. The van der Waals surface area contributed by atoms with Crippen LogP contribution in [0.3, 0.4) is 0 Å². The summed E-state index contributed by atoms with van der Waals surface area (Å²) in [5.41, 5.74) is -0.188. The van der Waals surface area contributed by atoms with Gasteiger partial charge in [-0.3, -0.25) is 0 Å². The minimum absolute atomic E-state index is 0.188. The van der Waals surface area contributed by atoms with Crippen molar-refractivity contribution >= 4 is 0 Å². The van der Waals surface area contributed by atoms with Gasteiger partial charge in [-0.15, -0.1) is 0 Å². The Morgan fingerprint density at radius 3 is 2.50 bits per heavy atom. The van der Waals surface area contributed by atoms with Gasteiger partial charge in [-0.25, -0.2) is 0 Å². The van der Waals surface area contributed by atoms with E-state index in [2.05, 4.69) is 0 Å². The fourth-order valence-electron chi connectivity index (χ4n) is 1.48. The molecule has 0 amide bonds. The summed E-state index contributed by atoms with van der Waals surface area (Å²) < 4.78 is 16.4. The number of rotatable bonds is 0. The molecule has 0 saturated carbocycles. The lowest BCUT2D eigenvalue weighted by Gasteiger charge is -2.32. The number of ether oxygens (including phenoxy) is 3. The van der Waals surface area contributed by atoms with Crippen molar-refractivity contribution in [3.05, 3.63) is 0 Å². The van der Waals surface area contributed by atoms with Crippen LogP contribution in [0.15, 0.2) is 0 Å². The first-order valence-corrected chi connectivity index (χ1v) is 3.54. The average molecular weight is 144 g/mol. The van der Waals surface area contributed by atoms with Gasteiger partial charge in [0.1, 0.15) is 12.2 Å². The molecule has 3 nitrogen and oxygen atoms in total. The molecular weight excluding hydrogens is 132 g/mol. The summed E-state index contributed by atoms with van der Waals surface area (Å²) in [4.78, 5) is 0. The quantitative estimate of drug-likeness (QED) is 0.496. The highest BCUT2D eigenvalue weighted by molar-refractivity contribution is 4.88. The maximum absolute atomic E-state index is 5.62. The van der Waals surface area contributed by atoms with Crippen molar-refractivity contribution in [3.63, 3.8) is 0 Å². The summed E-state index contributed by atoms with van der Waals surface area (Å²) in [7, 11) is 0. The normalized spacial score (nSPS) is 53.4. The molecule has 0 N–H and O–H groups in total. The number of fused-ring (bicyclic) bond motifs is 2. The Labute approximate surface area is 60.3 Å². The maximum Gasteiger partial charge on any atom is 0.189 e. The van der Waals surface area contributed by atoms with Crippen molar-refractivity contribution in [1.82, 2.24) is 0 Å². The first-order valence-electron chi connectivity index (χ1n) is 3.54. The van der Waals surface area contributed by atoms with Gasteiger partial charge in [-0.1, -0.05) is 0 Å². The van der Waals surface area contributed by atoms with Crippen LogP contribution in [0.2, 0.25) is 0 Å². The van der Waals surface area contributed by atoms with Crippen LogP contribution >= 0.6 is 0 Å². The van der Waals surface area contributed by atoms with Crippen LogP contribution < -0.4 is 0 Å². The third-order valence-corrected chi connectivity index (χ3v) is 1.92. The molecule has 2 atom stereocenters. The van der Waals surface area contributed by atoms with Gasteiger partial charge in [-0.2, -0.15) is 0 Å². The smallest absolute Gasteiger partial charge is 0.189 e. The van der Waals surface area contributed by atoms with Gasteiger partial charge in [0.15, 0.2) is 5.79 Å². The second-order valence-corrected chi connectivity index (χ2v) is 3.47. The minimum Gasteiger partial charge on any atom is -0.373 e. The van der Waals surface area contributed by atoms with Crippen molar-refractivity contribution in [2.75, 3.05) is 19.8 Å². The Kier molecular flexibility index (Phi) is 1.14. The van der Waals surface area contributed by atoms with Crippen LogP contribution in [-0.2, 0) is 14.2 Å². The molecule has 2 saturated heterocycles. The Hall–Kier alpha value is -0.120. The molecule has 0 aromatic heterocycles. The van der Waals surface area contributed by atoms with Gasteiger partial charge < -0.3 is 14.2 Å². The molecule has 3 heteroatoms. The lowest BCUT2D eigenvalue weighted by molar-refractivity contribution is -0.248. The minimum atomic E-state index is -0.465. The molecule has 2 unspecified atom stereocenters. The van der Waals surface area contributed by atoms with Crippen molar-refractivity contribution < 1.29 is 14.2 Å². The van der Waals surface area contributed by atoms with Gasteiger partial charge in [0.2, 0.25) is 0 Å². The molecule has 10 heavy (non-hydrogen) atoms. The van der Waals surface area contributed by atoms with E-state index in [0.29, 0.717) is 19.8 Å². The van der Waals surface area contributed by atoms with Gasteiger partial charge in [0.05, 0.1) is 13.2 Å². The van der Waals surface area contributed by atoms with Crippen LogP contribution in [0.25, 0.3) is 0 Å². The summed E-state index contributed by atoms with van der Waals surface area (Å²) in [6, 6.07) is 0. The molecule has 0 aromatic carbocycles. The predicted molar refractivity (Wildman–Crippen MR) is 34.7 cm³/mol. The summed E-state index contributed by atoms with van der Waals surface area (Å²) in [5, 5.41) is 0. The molecule has 2 rings (SSSR count). The maximum atomic E-state index is 5.62. The number of hydrogen-bond donors (Lipinski definition) is 0. The third-order valence-electron chi connectivity index (χ3n) is 1.92. The zero-order valence-electron chi connectivity index (χ0n) is 6.35. The summed E-state index contributed by atoms with van der Waals surface area (Å²) in [5.74, 6) is -0.465. The Balaban J connectivity index is 2.20. The lowest BCUT2D eigenvalue weighted by Crippen LogP contribution is -2.45. The van der Waals surface area contributed by atoms with E-state index in [-0.39, 0.29) is 5.60 Å². The van der Waals surface area contributed by atoms with E-state index < -0.39 is 5.79 Å². The van der Waals surface area contributed by atoms with Crippen molar-refractivity contribution in [2.24, 2.45) is 0 Å². The van der Waals surface area contributed by atoms with E-state index in [1.807, 2.05) is 13.8 Å². The zero-order valence-corrected chi connectivity index (χ0v) is 6.35. The second-order valence-electron chi connectivity index (χ2n) is 3.47. The molecule has 2 aliphatic rings. The SMILES string of the molecule is CC12COCC(C)(OC1)O2. The highest BCUT2D eigenvalue weighted by Crippen LogP contribution is 2.35. The number of hydrogen-bond acceptors (Lipinski definition) is 3. The van der Waals surface area contributed by atoms with E-state index >= 15 is 0 Å². The Morgan fingerprint density at radius 2 is 1.90 bits per heavy atom. The molecule has 2 heterocycles. The first kappa shape index (κ1) is 6.58. The summed E-state index contributed by atoms with van der Waals surface area (Å²) in [6.45, 7) is 5.80. The van der Waals surface area contributed by atoms with Crippen LogP contribution in [0.5, 0.6) is 0 Å². The topological polar surface area (TPSA) is 27.7 Å². The monoisotopic (exact) mass is 144 g/mol. The molecular formula is C7H12O3. The van der Waals surface area contributed by atoms with Gasteiger partial charge in [-0.05, 0) is 13.8 Å². The average Bonchev–Trinajstić information content (AvgIpc) is 2.03. The molecule has 0 radical (unpaired) electrons. The molecule has 2 fully saturated rings. The Bertz CT molecular complexity index is 143.